The monoisotopic (exact) mass is 635 g/mol. The number of aliphatic hydroxyl groups is 1. The van der Waals surface area contributed by atoms with Crippen molar-refractivity contribution in [3.63, 3.8) is 0 Å². The van der Waals surface area contributed by atoms with Crippen molar-refractivity contribution in [2.45, 2.75) is 38.3 Å². The topological polar surface area (TPSA) is 107 Å². The Morgan fingerprint density at radius 3 is 2.11 bits per heavy atom. The van der Waals surface area contributed by atoms with Gasteiger partial charge in [-0.15, -0.1) is 5.10 Å². The zero-order chi connectivity index (χ0) is 32.0. The van der Waals surface area contributed by atoms with Gasteiger partial charge in [0.05, 0.1) is 34.0 Å². The molecule has 5 rings (SSSR count). The first-order valence-corrected chi connectivity index (χ1v) is 13.1. The number of benzene rings is 2. The van der Waals surface area contributed by atoms with Crippen LogP contribution in [0.15, 0.2) is 71.5 Å². The van der Waals surface area contributed by atoms with Crippen molar-refractivity contribution in [1.82, 2.24) is 25.1 Å². The number of halogens is 7. The van der Waals surface area contributed by atoms with E-state index in [1.165, 1.54) is 50.5 Å². The molecule has 5 aromatic rings. The molecule has 3 heterocycles. The maximum atomic E-state index is 13.8. The molecule has 0 aliphatic carbocycles. The zero-order valence-electron chi connectivity index (χ0n) is 22.7. The van der Waals surface area contributed by atoms with Crippen LogP contribution in [0, 0.1) is 0 Å². The van der Waals surface area contributed by atoms with Gasteiger partial charge in [-0.3, -0.25) is 9.78 Å². The highest BCUT2D eigenvalue weighted by molar-refractivity contribution is 6.35. The summed E-state index contributed by atoms with van der Waals surface area (Å²) in [6.45, 7) is 2.13. The summed E-state index contributed by atoms with van der Waals surface area (Å²) >= 11 is 6.28. The van der Waals surface area contributed by atoms with Gasteiger partial charge >= 0.3 is 12.4 Å². The molecule has 0 fully saturated rings. The van der Waals surface area contributed by atoms with Crippen LogP contribution in [-0.2, 0) is 24.5 Å². The lowest BCUT2D eigenvalue weighted by Gasteiger charge is -2.16. The minimum atomic E-state index is -5.06. The third kappa shape index (κ3) is 6.08. The van der Waals surface area contributed by atoms with Gasteiger partial charge in [-0.05, 0) is 61.9 Å². The maximum absolute atomic E-state index is 13.8. The number of nitrogens with zero attached hydrogens (tertiary/aromatic N) is 5. The van der Waals surface area contributed by atoms with Crippen LogP contribution in [0.5, 0.6) is 0 Å². The number of alkyl halides is 6. The van der Waals surface area contributed by atoms with E-state index in [2.05, 4.69) is 20.5 Å². The summed E-state index contributed by atoms with van der Waals surface area (Å²) in [5.41, 5.74) is -5.14. The Kier molecular flexibility index (Phi) is 7.84. The summed E-state index contributed by atoms with van der Waals surface area (Å²) in [5.74, 6) is -0.924. The van der Waals surface area contributed by atoms with E-state index in [4.69, 9.17) is 16.1 Å². The molecular weight excluding hydrogens is 616 g/mol. The molecule has 0 saturated heterocycles. The van der Waals surface area contributed by atoms with E-state index in [0.717, 1.165) is 4.68 Å². The molecule has 0 amide bonds. The van der Waals surface area contributed by atoms with E-state index in [0.29, 0.717) is 17.7 Å². The highest BCUT2D eigenvalue weighted by Gasteiger charge is 2.38. The number of carbonyl (C=O) groups excluding carboxylic acids is 1. The van der Waals surface area contributed by atoms with Crippen molar-refractivity contribution in [2.24, 2.45) is 0 Å². The van der Waals surface area contributed by atoms with Gasteiger partial charge in [0, 0.05) is 23.5 Å². The fourth-order valence-corrected chi connectivity index (χ4v) is 4.74. The molecular formula is C29H20ClF6N5O3. The predicted octanol–water partition coefficient (Wildman–Crippen LogP) is 7.19. The SMILES string of the molecule is CC(C)(O)c1onc(-c2nnn(Cc3cc(C(F)(F)F)cc(C(F)(F)F)c3)c2-c2ccncc2)c1C(=O)c1ccccc1Cl. The average Bonchev–Trinajstić information content (AvgIpc) is 3.57. The highest BCUT2D eigenvalue weighted by atomic mass is 35.5. The van der Waals surface area contributed by atoms with Crippen LogP contribution >= 0.6 is 11.6 Å². The Balaban J connectivity index is 1.72. The highest BCUT2D eigenvalue weighted by Crippen LogP contribution is 2.39. The van der Waals surface area contributed by atoms with Gasteiger partial charge in [0.25, 0.3) is 0 Å². The summed E-state index contributed by atoms with van der Waals surface area (Å²) in [5, 5.41) is 23.0. The number of carbonyl (C=O) groups is 1. The summed E-state index contributed by atoms with van der Waals surface area (Å²) in [6.07, 6.45) is -7.33. The van der Waals surface area contributed by atoms with Gasteiger partial charge in [0.15, 0.2) is 5.76 Å². The molecule has 0 spiro atoms. The third-order valence-corrected chi connectivity index (χ3v) is 6.82. The quantitative estimate of drug-likeness (QED) is 0.149. The minimum Gasteiger partial charge on any atom is -0.382 e. The van der Waals surface area contributed by atoms with Crippen LogP contribution in [0.2, 0.25) is 5.02 Å². The van der Waals surface area contributed by atoms with Crippen LogP contribution in [0.1, 0.15) is 52.2 Å². The van der Waals surface area contributed by atoms with Crippen LogP contribution in [-0.4, -0.2) is 36.0 Å². The molecule has 0 radical (unpaired) electrons. The van der Waals surface area contributed by atoms with Gasteiger partial charge in [0.2, 0.25) is 5.78 Å². The van der Waals surface area contributed by atoms with Gasteiger partial charge < -0.3 is 9.63 Å². The molecule has 2 aromatic carbocycles. The lowest BCUT2D eigenvalue weighted by Crippen LogP contribution is -2.19. The number of aromatic nitrogens is 5. The summed E-state index contributed by atoms with van der Waals surface area (Å²) < 4.78 is 87.7. The van der Waals surface area contributed by atoms with Crippen molar-refractivity contribution in [3.8, 4) is 22.6 Å². The molecule has 44 heavy (non-hydrogen) atoms. The number of hydrogen-bond acceptors (Lipinski definition) is 7. The molecule has 15 heteroatoms. The molecule has 3 aromatic heterocycles. The number of pyridine rings is 1. The standard InChI is InChI=1S/C29H20ClF6N5O3/c1-27(2,43)26-21(25(42)19-5-3-4-6-20(19)30)22(39-44-26)23-24(16-7-9-37-10-8-16)41(40-38-23)14-15-11-17(28(31,32)33)13-18(12-15)29(34,35)36/h3-13,43H,14H2,1-2H3. The second kappa shape index (κ2) is 11.2. The minimum absolute atomic E-state index is 0.0280. The zero-order valence-corrected chi connectivity index (χ0v) is 23.5. The van der Waals surface area contributed by atoms with Crippen molar-refractivity contribution < 1.29 is 40.8 Å². The van der Waals surface area contributed by atoms with Crippen molar-refractivity contribution in [3.05, 3.63) is 106 Å². The Morgan fingerprint density at radius 1 is 0.932 bits per heavy atom. The Morgan fingerprint density at radius 2 is 1.55 bits per heavy atom. The van der Waals surface area contributed by atoms with Crippen LogP contribution in [0.4, 0.5) is 26.3 Å². The first-order chi connectivity index (χ1) is 20.6. The molecule has 0 bridgehead atoms. The van der Waals surface area contributed by atoms with E-state index in [1.54, 1.807) is 12.1 Å². The summed E-state index contributed by atoms with van der Waals surface area (Å²) in [6, 6.07) is 10.3. The second-order valence-electron chi connectivity index (χ2n) is 10.2. The van der Waals surface area contributed by atoms with E-state index in [-0.39, 0.29) is 50.6 Å². The number of ketones is 1. The normalized spacial score (nSPS) is 12.5. The molecule has 1 N–H and O–H groups in total. The lowest BCUT2D eigenvalue weighted by molar-refractivity contribution is -0.143. The van der Waals surface area contributed by atoms with E-state index >= 15 is 0 Å². The Labute approximate surface area is 249 Å². The molecule has 228 valence electrons. The average molecular weight is 636 g/mol. The molecule has 8 nitrogen and oxygen atoms in total. The third-order valence-electron chi connectivity index (χ3n) is 6.49. The van der Waals surface area contributed by atoms with E-state index < -0.39 is 41.4 Å². The summed E-state index contributed by atoms with van der Waals surface area (Å²) in [7, 11) is 0. The van der Waals surface area contributed by atoms with E-state index in [9.17, 15) is 36.2 Å². The maximum Gasteiger partial charge on any atom is 0.416 e. The first-order valence-electron chi connectivity index (χ1n) is 12.7. The smallest absolute Gasteiger partial charge is 0.382 e. The molecule has 0 unspecified atom stereocenters. The second-order valence-corrected chi connectivity index (χ2v) is 10.6. The van der Waals surface area contributed by atoms with Crippen molar-refractivity contribution in [2.75, 3.05) is 0 Å². The van der Waals surface area contributed by atoms with Gasteiger partial charge in [-0.2, -0.15) is 26.3 Å². The van der Waals surface area contributed by atoms with Gasteiger partial charge in [-0.1, -0.05) is 34.1 Å². The number of rotatable bonds is 7. The van der Waals surface area contributed by atoms with Crippen LogP contribution in [0.3, 0.4) is 0 Å². The van der Waals surface area contributed by atoms with Crippen molar-refractivity contribution >= 4 is 17.4 Å². The first kappa shape index (κ1) is 30.9. The van der Waals surface area contributed by atoms with E-state index in [1.807, 2.05) is 0 Å². The summed E-state index contributed by atoms with van der Waals surface area (Å²) in [4.78, 5) is 17.8. The fourth-order valence-electron chi connectivity index (χ4n) is 4.52. The fraction of sp³-hybridized carbons (Fsp3) is 0.207. The molecule has 0 aliphatic heterocycles. The van der Waals surface area contributed by atoms with Gasteiger partial charge in [0.1, 0.15) is 17.0 Å². The lowest BCUT2D eigenvalue weighted by atomic mass is 9.93. The van der Waals surface area contributed by atoms with Crippen LogP contribution in [0.25, 0.3) is 22.6 Å². The Bertz CT molecular complexity index is 1810. The van der Waals surface area contributed by atoms with Gasteiger partial charge in [-0.25, -0.2) is 4.68 Å². The number of hydrogen-bond donors (Lipinski definition) is 1. The molecule has 0 aliphatic rings. The van der Waals surface area contributed by atoms with Crippen LogP contribution < -0.4 is 0 Å². The largest absolute Gasteiger partial charge is 0.416 e. The molecule has 0 atom stereocenters. The Hall–Kier alpha value is -4.56. The predicted molar refractivity (Wildman–Crippen MR) is 144 cm³/mol. The molecule has 0 saturated carbocycles. The van der Waals surface area contributed by atoms with Crippen molar-refractivity contribution in [1.29, 1.82) is 0 Å².